The normalized spacial score (nSPS) is 34.2. The predicted molar refractivity (Wildman–Crippen MR) is 47.4 cm³/mol. The molecule has 1 amide bonds. The fourth-order valence-electron chi connectivity index (χ4n) is 1.68. The highest BCUT2D eigenvalue weighted by atomic mass is 16.4. The van der Waals surface area contributed by atoms with E-state index in [4.69, 9.17) is 10.8 Å². The fraction of sp³-hybridized carbons (Fsp3) is 0.875. The first kappa shape index (κ1) is 10.3. The predicted octanol–water partition coefficient (Wildman–Crippen LogP) is -0.114. The molecule has 1 fully saturated rings. The van der Waals surface area contributed by atoms with E-state index < -0.39 is 11.7 Å². The second-order valence-corrected chi connectivity index (χ2v) is 3.65. The van der Waals surface area contributed by atoms with Gasteiger partial charge in [-0.3, -0.25) is 0 Å². The summed E-state index contributed by atoms with van der Waals surface area (Å²) in [5.41, 5.74) is 4.63. The Hall–Kier alpha value is -0.810. The lowest BCUT2D eigenvalue weighted by Gasteiger charge is -2.34. The zero-order valence-electron chi connectivity index (χ0n) is 7.49. The number of carboxylic acid groups (broad SMARTS) is 1. The standard InChI is InChI=1S/C8H16N2O3/c9-5-8(13)3-1-6(2-4-8)10-7(11)12/h6,10,13H,1-5,9H2,(H,11,12). The van der Waals surface area contributed by atoms with Gasteiger partial charge in [-0.25, -0.2) is 4.79 Å². The average molecular weight is 188 g/mol. The van der Waals surface area contributed by atoms with Crippen LogP contribution in [0.5, 0.6) is 0 Å². The minimum absolute atomic E-state index is 0.0238. The summed E-state index contributed by atoms with van der Waals surface area (Å²) in [4.78, 5) is 10.3. The lowest BCUT2D eigenvalue weighted by Crippen LogP contribution is -2.46. The highest BCUT2D eigenvalue weighted by Crippen LogP contribution is 2.27. The third-order valence-corrected chi connectivity index (χ3v) is 2.62. The zero-order valence-corrected chi connectivity index (χ0v) is 7.49. The lowest BCUT2D eigenvalue weighted by atomic mass is 9.82. The number of amides is 1. The summed E-state index contributed by atoms with van der Waals surface area (Å²) < 4.78 is 0. The van der Waals surface area contributed by atoms with Crippen LogP contribution in [0.25, 0.3) is 0 Å². The molecule has 0 radical (unpaired) electrons. The van der Waals surface area contributed by atoms with Crippen LogP contribution in [0.1, 0.15) is 25.7 Å². The summed E-state index contributed by atoms with van der Waals surface area (Å²) in [6, 6.07) is -0.0238. The van der Waals surface area contributed by atoms with Crippen molar-refractivity contribution in [1.29, 1.82) is 0 Å². The minimum atomic E-state index is -0.997. The molecule has 0 aliphatic heterocycles. The Bertz CT molecular complexity index is 188. The van der Waals surface area contributed by atoms with Crippen molar-refractivity contribution in [2.75, 3.05) is 6.54 Å². The van der Waals surface area contributed by atoms with Crippen LogP contribution >= 0.6 is 0 Å². The summed E-state index contributed by atoms with van der Waals surface area (Å²) in [5, 5.41) is 20.6. The number of nitrogens with two attached hydrogens (primary N) is 1. The van der Waals surface area contributed by atoms with E-state index in [1.807, 2.05) is 0 Å². The van der Waals surface area contributed by atoms with Gasteiger partial charge in [-0.15, -0.1) is 0 Å². The third-order valence-electron chi connectivity index (χ3n) is 2.62. The van der Waals surface area contributed by atoms with Gasteiger partial charge in [-0.2, -0.15) is 0 Å². The maximum Gasteiger partial charge on any atom is 0.404 e. The van der Waals surface area contributed by atoms with Crippen molar-refractivity contribution >= 4 is 6.09 Å². The van der Waals surface area contributed by atoms with E-state index in [1.54, 1.807) is 0 Å². The maximum absolute atomic E-state index is 10.3. The van der Waals surface area contributed by atoms with Gasteiger partial charge in [0.2, 0.25) is 0 Å². The molecule has 0 spiro atoms. The monoisotopic (exact) mass is 188 g/mol. The van der Waals surface area contributed by atoms with Crippen LogP contribution in [0.2, 0.25) is 0 Å². The van der Waals surface area contributed by atoms with Gasteiger partial charge in [0.1, 0.15) is 0 Å². The first-order valence-corrected chi connectivity index (χ1v) is 4.48. The van der Waals surface area contributed by atoms with Crippen LogP contribution < -0.4 is 11.1 Å². The summed E-state index contributed by atoms with van der Waals surface area (Å²) in [6.45, 7) is 0.257. The molecule has 0 atom stereocenters. The minimum Gasteiger partial charge on any atom is -0.465 e. The van der Waals surface area contributed by atoms with Gasteiger partial charge in [-0.05, 0) is 25.7 Å². The average Bonchev–Trinajstić information content (AvgIpc) is 2.09. The lowest BCUT2D eigenvalue weighted by molar-refractivity contribution is 0.00516. The van der Waals surface area contributed by atoms with E-state index in [-0.39, 0.29) is 12.6 Å². The van der Waals surface area contributed by atoms with Crippen LogP contribution in [-0.4, -0.2) is 34.5 Å². The van der Waals surface area contributed by atoms with E-state index in [0.717, 1.165) is 0 Å². The molecule has 5 N–H and O–H groups in total. The van der Waals surface area contributed by atoms with Gasteiger partial charge in [0.05, 0.1) is 5.60 Å². The molecule has 5 nitrogen and oxygen atoms in total. The van der Waals surface area contributed by atoms with Gasteiger partial charge >= 0.3 is 6.09 Å². The van der Waals surface area contributed by atoms with Crippen LogP contribution in [0, 0.1) is 0 Å². The van der Waals surface area contributed by atoms with E-state index in [9.17, 15) is 9.90 Å². The van der Waals surface area contributed by atoms with Crippen molar-refractivity contribution in [3.8, 4) is 0 Å². The van der Waals surface area contributed by atoms with Gasteiger partial charge in [0.25, 0.3) is 0 Å². The molecular weight excluding hydrogens is 172 g/mol. The molecule has 1 rings (SSSR count). The Labute approximate surface area is 76.9 Å². The second kappa shape index (κ2) is 3.93. The van der Waals surface area contributed by atoms with Crippen molar-refractivity contribution in [1.82, 2.24) is 5.32 Å². The van der Waals surface area contributed by atoms with E-state index in [0.29, 0.717) is 25.7 Å². The molecule has 0 aromatic carbocycles. The summed E-state index contributed by atoms with van der Waals surface area (Å²) in [6.07, 6.45) is 1.49. The van der Waals surface area contributed by atoms with Crippen molar-refractivity contribution in [2.24, 2.45) is 5.73 Å². The van der Waals surface area contributed by atoms with Gasteiger partial charge in [-0.1, -0.05) is 0 Å². The molecule has 1 aliphatic rings. The molecular formula is C8H16N2O3. The van der Waals surface area contributed by atoms with E-state index in [1.165, 1.54) is 0 Å². The topological polar surface area (TPSA) is 95.6 Å². The Morgan fingerprint density at radius 3 is 2.46 bits per heavy atom. The number of nitrogens with one attached hydrogen (secondary N) is 1. The second-order valence-electron chi connectivity index (χ2n) is 3.65. The van der Waals surface area contributed by atoms with E-state index in [2.05, 4.69) is 5.32 Å². The first-order valence-electron chi connectivity index (χ1n) is 4.48. The molecule has 13 heavy (non-hydrogen) atoms. The smallest absolute Gasteiger partial charge is 0.404 e. The highest BCUT2D eigenvalue weighted by Gasteiger charge is 2.32. The van der Waals surface area contributed by atoms with Crippen LogP contribution in [0.4, 0.5) is 4.79 Å². The Morgan fingerprint density at radius 1 is 1.54 bits per heavy atom. The van der Waals surface area contributed by atoms with Crippen molar-refractivity contribution in [2.45, 2.75) is 37.3 Å². The Morgan fingerprint density at radius 2 is 2.08 bits per heavy atom. The van der Waals surface area contributed by atoms with Gasteiger partial charge < -0.3 is 21.3 Å². The molecule has 5 heteroatoms. The number of aliphatic hydroxyl groups is 1. The highest BCUT2D eigenvalue weighted by molar-refractivity contribution is 5.64. The Kier molecular flexibility index (Phi) is 3.11. The number of rotatable bonds is 2. The molecule has 0 unspecified atom stereocenters. The number of hydrogen-bond acceptors (Lipinski definition) is 3. The molecule has 0 aromatic heterocycles. The summed E-state index contributed by atoms with van der Waals surface area (Å²) >= 11 is 0. The number of carbonyl (C=O) groups is 1. The molecule has 0 bridgehead atoms. The van der Waals surface area contributed by atoms with Crippen molar-refractivity contribution in [3.63, 3.8) is 0 Å². The van der Waals surface area contributed by atoms with Gasteiger partial charge in [0.15, 0.2) is 0 Å². The quantitative estimate of drug-likeness (QED) is 0.486. The van der Waals surface area contributed by atoms with Crippen molar-refractivity contribution < 1.29 is 15.0 Å². The molecule has 0 saturated heterocycles. The molecule has 1 saturated carbocycles. The molecule has 0 heterocycles. The molecule has 0 aromatic rings. The molecule has 76 valence electrons. The van der Waals surface area contributed by atoms with Gasteiger partial charge in [0, 0.05) is 12.6 Å². The van der Waals surface area contributed by atoms with Crippen LogP contribution in [0.15, 0.2) is 0 Å². The fourth-order valence-corrected chi connectivity index (χ4v) is 1.68. The maximum atomic E-state index is 10.3. The van der Waals surface area contributed by atoms with E-state index >= 15 is 0 Å². The largest absolute Gasteiger partial charge is 0.465 e. The van der Waals surface area contributed by atoms with Crippen LogP contribution in [0.3, 0.4) is 0 Å². The number of hydrogen-bond donors (Lipinski definition) is 4. The summed E-state index contributed by atoms with van der Waals surface area (Å²) in [7, 11) is 0. The van der Waals surface area contributed by atoms with Crippen LogP contribution in [-0.2, 0) is 0 Å². The Balaban J connectivity index is 2.34. The molecule has 1 aliphatic carbocycles. The first-order chi connectivity index (χ1) is 6.06. The summed E-state index contributed by atoms with van der Waals surface area (Å²) in [5.74, 6) is 0. The third kappa shape index (κ3) is 2.86. The SMILES string of the molecule is NCC1(O)CCC(NC(=O)O)CC1. The van der Waals surface area contributed by atoms with Crippen molar-refractivity contribution in [3.05, 3.63) is 0 Å². The zero-order chi connectivity index (χ0) is 9.90.